The molecule has 0 aliphatic carbocycles. The Kier molecular flexibility index (Phi) is 5.07. The summed E-state index contributed by atoms with van der Waals surface area (Å²) >= 11 is 13.5. The Balaban J connectivity index is 1.36. The van der Waals surface area contributed by atoms with E-state index in [0.29, 0.717) is 22.3 Å². The van der Waals surface area contributed by atoms with Crippen LogP contribution in [0.5, 0.6) is 0 Å². The first-order valence-electron chi connectivity index (χ1n) is 8.12. The second-order valence-corrected chi connectivity index (χ2v) is 7.57. The third kappa shape index (κ3) is 4.27. The fourth-order valence-electron chi connectivity index (χ4n) is 2.80. The molecule has 4 N–H and O–H groups in total. The molecule has 27 heavy (non-hydrogen) atoms. The number of nitrogens with one attached hydrogen (secondary N) is 4. The number of anilines is 3. The molecule has 0 saturated heterocycles. The van der Waals surface area contributed by atoms with E-state index in [-0.39, 0.29) is 12.2 Å². The SMILES string of the molecule is O=C(NCc1cc(Cl)cc(Cl)c1)Nc1ccc2c(c1)NC(c1cscn1)N2. The number of hydrogen-bond donors (Lipinski definition) is 4. The molecular weight excluding hydrogens is 405 g/mol. The molecule has 0 fully saturated rings. The van der Waals surface area contributed by atoms with Gasteiger partial charge in [0, 0.05) is 27.7 Å². The number of thiazole rings is 1. The summed E-state index contributed by atoms with van der Waals surface area (Å²) in [5.74, 6) is 0. The van der Waals surface area contributed by atoms with Crippen LogP contribution in [0.4, 0.5) is 21.9 Å². The fraction of sp³-hybridized carbons (Fsp3) is 0.111. The quantitative estimate of drug-likeness (QED) is 0.462. The lowest BCUT2D eigenvalue weighted by Gasteiger charge is -2.09. The number of nitrogens with zero attached hydrogens (tertiary/aromatic N) is 1. The van der Waals surface area contributed by atoms with E-state index >= 15 is 0 Å². The average Bonchev–Trinajstić information content (AvgIpc) is 3.28. The van der Waals surface area contributed by atoms with Crippen LogP contribution >= 0.6 is 34.5 Å². The molecule has 1 aliphatic rings. The molecule has 9 heteroatoms. The standard InChI is InChI=1S/C18H15Cl2N5OS/c19-11-3-10(4-12(20)5-11)7-21-18(26)23-13-1-2-14-15(6-13)25-17(24-14)16-8-27-9-22-16/h1-6,8-9,17,24-25H,7H2,(H2,21,23,26). The number of amides is 2. The van der Waals surface area contributed by atoms with Crippen molar-refractivity contribution in [2.24, 2.45) is 0 Å². The predicted molar refractivity (Wildman–Crippen MR) is 111 cm³/mol. The Morgan fingerprint density at radius 1 is 1.11 bits per heavy atom. The summed E-state index contributed by atoms with van der Waals surface area (Å²) in [6.45, 7) is 0.322. The molecule has 138 valence electrons. The first kappa shape index (κ1) is 17.9. The second-order valence-electron chi connectivity index (χ2n) is 5.98. The van der Waals surface area contributed by atoms with Gasteiger partial charge in [-0.1, -0.05) is 23.2 Å². The van der Waals surface area contributed by atoms with Crippen molar-refractivity contribution in [2.45, 2.75) is 12.7 Å². The average molecular weight is 420 g/mol. The molecule has 1 unspecified atom stereocenters. The number of rotatable bonds is 4. The summed E-state index contributed by atoms with van der Waals surface area (Å²) in [4.78, 5) is 16.5. The Labute approximate surface area is 169 Å². The van der Waals surface area contributed by atoms with Crippen LogP contribution in [0.3, 0.4) is 0 Å². The van der Waals surface area contributed by atoms with Crippen molar-refractivity contribution in [2.75, 3.05) is 16.0 Å². The van der Waals surface area contributed by atoms with Crippen molar-refractivity contribution in [3.05, 3.63) is 68.6 Å². The minimum Gasteiger partial charge on any atom is -0.359 e. The molecule has 2 aromatic carbocycles. The summed E-state index contributed by atoms with van der Waals surface area (Å²) in [7, 11) is 0. The molecule has 3 aromatic rings. The van der Waals surface area contributed by atoms with E-state index in [1.807, 2.05) is 23.6 Å². The maximum Gasteiger partial charge on any atom is 0.319 e. The van der Waals surface area contributed by atoms with E-state index in [9.17, 15) is 4.79 Å². The highest BCUT2D eigenvalue weighted by Gasteiger charge is 2.22. The van der Waals surface area contributed by atoms with Crippen molar-refractivity contribution < 1.29 is 4.79 Å². The number of benzene rings is 2. The Bertz CT molecular complexity index is 960. The van der Waals surface area contributed by atoms with Crippen molar-refractivity contribution in [1.82, 2.24) is 10.3 Å². The van der Waals surface area contributed by atoms with Crippen LogP contribution in [0.1, 0.15) is 17.4 Å². The van der Waals surface area contributed by atoms with Crippen LogP contribution in [-0.4, -0.2) is 11.0 Å². The number of aromatic nitrogens is 1. The number of halogens is 2. The topological polar surface area (TPSA) is 78.1 Å². The monoisotopic (exact) mass is 419 g/mol. The van der Waals surface area contributed by atoms with Gasteiger partial charge in [-0.05, 0) is 42.0 Å². The molecule has 0 bridgehead atoms. The lowest BCUT2D eigenvalue weighted by molar-refractivity contribution is 0.251. The molecule has 1 aliphatic heterocycles. The lowest BCUT2D eigenvalue weighted by atomic mass is 10.2. The molecule has 4 rings (SSSR count). The molecule has 2 amide bonds. The van der Waals surface area contributed by atoms with Crippen LogP contribution in [0.25, 0.3) is 0 Å². The Morgan fingerprint density at radius 3 is 2.63 bits per heavy atom. The third-order valence-electron chi connectivity index (χ3n) is 4.00. The lowest BCUT2D eigenvalue weighted by Crippen LogP contribution is -2.28. The molecule has 1 aromatic heterocycles. The first-order valence-corrected chi connectivity index (χ1v) is 9.82. The van der Waals surface area contributed by atoms with Crippen molar-refractivity contribution in [1.29, 1.82) is 0 Å². The molecule has 6 nitrogen and oxygen atoms in total. The van der Waals surface area contributed by atoms with Crippen LogP contribution in [0, 0.1) is 0 Å². The molecule has 0 saturated carbocycles. The van der Waals surface area contributed by atoms with Gasteiger partial charge in [0.05, 0.1) is 22.6 Å². The van der Waals surface area contributed by atoms with Crippen molar-refractivity contribution >= 4 is 57.6 Å². The van der Waals surface area contributed by atoms with E-state index < -0.39 is 0 Å². The fourth-order valence-corrected chi connectivity index (χ4v) is 3.95. The van der Waals surface area contributed by atoms with Gasteiger partial charge >= 0.3 is 6.03 Å². The van der Waals surface area contributed by atoms with Crippen LogP contribution in [-0.2, 0) is 6.54 Å². The van der Waals surface area contributed by atoms with Crippen LogP contribution < -0.4 is 21.3 Å². The summed E-state index contributed by atoms with van der Waals surface area (Å²) in [6, 6.07) is 10.5. The smallest absolute Gasteiger partial charge is 0.319 e. The number of urea groups is 1. The Hall–Kier alpha value is -2.48. The predicted octanol–water partition coefficient (Wildman–Crippen LogP) is 5.31. The molecule has 0 spiro atoms. The summed E-state index contributed by atoms with van der Waals surface area (Å²) in [6.07, 6.45) is -0.0668. The number of carbonyl (C=O) groups is 1. The maximum absolute atomic E-state index is 12.2. The van der Waals surface area contributed by atoms with Gasteiger partial charge in [-0.25, -0.2) is 9.78 Å². The summed E-state index contributed by atoms with van der Waals surface area (Å²) in [5, 5.41) is 15.4. The Morgan fingerprint density at radius 2 is 1.89 bits per heavy atom. The molecule has 2 heterocycles. The highest BCUT2D eigenvalue weighted by Crippen LogP contribution is 2.36. The zero-order valence-electron chi connectivity index (χ0n) is 13.9. The summed E-state index contributed by atoms with van der Waals surface area (Å²) in [5.41, 5.74) is 6.12. The summed E-state index contributed by atoms with van der Waals surface area (Å²) < 4.78 is 0. The number of fused-ring (bicyclic) bond motifs is 1. The van der Waals surface area contributed by atoms with E-state index in [0.717, 1.165) is 22.6 Å². The van der Waals surface area contributed by atoms with Gasteiger partial charge in [0.15, 0.2) is 0 Å². The molecular formula is C18H15Cl2N5OS. The minimum absolute atomic E-state index is 0.0668. The van der Waals surface area contributed by atoms with E-state index in [4.69, 9.17) is 23.2 Å². The van der Waals surface area contributed by atoms with Gasteiger partial charge < -0.3 is 21.3 Å². The van der Waals surface area contributed by atoms with Crippen LogP contribution in [0.15, 0.2) is 47.3 Å². The minimum atomic E-state index is -0.312. The third-order valence-corrected chi connectivity index (χ3v) is 5.04. The van der Waals surface area contributed by atoms with Crippen LogP contribution in [0.2, 0.25) is 10.0 Å². The number of carbonyl (C=O) groups excluding carboxylic acids is 1. The van der Waals surface area contributed by atoms with Crippen molar-refractivity contribution in [3.8, 4) is 0 Å². The van der Waals surface area contributed by atoms with E-state index in [2.05, 4.69) is 26.3 Å². The van der Waals surface area contributed by atoms with Gasteiger partial charge in [0.1, 0.15) is 6.17 Å². The highest BCUT2D eigenvalue weighted by molar-refractivity contribution is 7.07. The van der Waals surface area contributed by atoms with Gasteiger partial charge in [-0.3, -0.25) is 0 Å². The van der Waals surface area contributed by atoms with Gasteiger partial charge in [-0.15, -0.1) is 11.3 Å². The highest BCUT2D eigenvalue weighted by atomic mass is 35.5. The second kappa shape index (κ2) is 7.64. The normalized spacial score (nSPS) is 14.8. The number of hydrogen-bond acceptors (Lipinski definition) is 5. The maximum atomic E-state index is 12.2. The zero-order valence-corrected chi connectivity index (χ0v) is 16.3. The van der Waals surface area contributed by atoms with E-state index in [1.54, 1.807) is 35.0 Å². The first-order chi connectivity index (χ1) is 13.1. The molecule has 0 radical (unpaired) electrons. The van der Waals surface area contributed by atoms with Gasteiger partial charge in [-0.2, -0.15) is 0 Å². The van der Waals surface area contributed by atoms with Crippen molar-refractivity contribution in [3.63, 3.8) is 0 Å². The largest absolute Gasteiger partial charge is 0.359 e. The van der Waals surface area contributed by atoms with E-state index in [1.165, 1.54) is 0 Å². The van der Waals surface area contributed by atoms with Gasteiger partial charge in [0.2, 0.25) is 0 Å². The molecule has 1 atom stereocenters. The van der Waals surface area contributed by atoms with Gasteiger partial charge in [0.25, 0.3) is 0 Å². The zero-order chi connectivity index (χ0) is 18.8.